The van der Waals surface area contributed by atoms with Gasteiger partial charge in [0.15, 0.2) is 0 Å². The fourth-order valence-electron chi connectivity index (χ4n) is 2.78. The van der Waals surface area contributed by atoms with Gasteiger partial charge in [-0.1, -0.05) is 18.2 Å². The molecule has 2 aromatic rings. The van der Waals surface area contributed by atoms with Gasteiger partial charge in [0.25, 0.3) is 0 Å². The van der Waals surface area contributed by atoms with Crippen LogP contribution >= 0.6 is 63.7 Å². The molecule has 0 radical (unpaired) electrons. The lowest BCUT2D eigenvalue weighted by atomic mass is 9.88. The van der Waals surface area contributed by atoms with Crippen LogP contribution in [0, 0.1) is 0 Å². The van der Waals surface area contributed by atoms with Gasteiger partial charge in [0.05, 0.1) is 23.5 Å². The van der Waals surface area contributed by atoms with E-state index in [1.165, 1.54) is 6.07 Å². The van der Waals surface area contributed by atoms with Crippen molar-refractivity contribution in [1.29, 1.82) is 0 Å². The quantitative estimate of drug-likeness (QED) is 0.402. The van der Waals surface area contributed by atoms with Gasteiger partial charge >= 0.3 is 5.97 Å². The minimum atomic E-state index is -1.07. The molecule has 8 heteroatoms. The van der Waals surface area contributed by atoms with Crippen LogP contribution in [0.3, 0.4) is 0 Å². The number of phenolic OH excluding ortho intramolecular Hbond substituents is 1. The van der Waals surface area contributed by atoms with E-state index in [1.54, 1.807) is 42.5 Å². The van der Waals surface area contributed by atoms with Crippen molar-refractivity contribution in [2.75, 3.05) is 0 Å². The fraction of sp³-hybridized carbons (Fsp3) is 0. The summed E-state index contributed by atoms with van der Waals surface area (Å²) in [6.07, 6.45) is 3.30. The number of ketones is 1. The molecule has 0 bridgehead atoms. The summed E-state index contributed by atoms with van der Waals surface area (Å²) < 4.78 is 1.58. The van der Waals surface area contributed by atoms with Crippen molar-refractivity contribution >= 4 is 81.0 Å². The number of allylic oxidation sites excluding steroid dienone is 5. The van der Waals surface area contributed by atoms with Crippen LogP contribution in [0.4, 0.5) is 0 Å². The lowest BCUT2D eigenvalue weighted by molar-refractivity contribution is -0.110. The van der Waals surface area contributed by atoms with E-state index in [0.29, 0.717) is 40.2 Å². The highest BCUT2D eigenvalue weighted by atomic mass is 79.9. The van der Waals surface area contributed by atoms with Crippen LogP contribution in [0.25, 0.3) is 5.57 Å². The predicted molar refractivity (Wildman–Crippen MR) is 122 cm³/mol. The molecule has 28 heavy (non-hydrogen) atoms. The maximum atomic E-state index is 12.1. The first-order valence-corrected chi connectivity index (χ1v) is 10.9. The number of hydrogen-bond acceptors (Lipinski definition) is 3. The fourth-order valence-corrected chi connectivity index (χ4v) is 5.15. The first-order valence-electron chi connectivity index (χ1n) is 7.75. The van der Waals surface area contributed by atoms with Gasteiger partial charge < -0.3 is 10.2 Å². The highest BCUT2D eigenvalue weighted by Gasteiger charge is 2.23. The number of carbonyl (C=O) groups is 2. The summed E-state index contributed by atoms with van der Waals surface area (Å²) in [5.41, 5.74) is 2.49. The minimum Gasteiger partial charge on any atom is -0.506 e. The SMILES string of the molecule is O=C1C(Br)=CC(=C(c2cc(Br)c(O)c(Br)c2)c2ccccc2C(=O)O)C=C1Br. The van der Waals surface area contributed by atoms with Crippen molar-refractivity contribution in [1.82, 2.24) is 0 Å². The molecule has 0 amide bonds. The van der Waals surface area contributed by atoms with Crippen LogP contribution in [0.2, 0.25) is 0 Å². The number of Topliss-reactive ketones (excluding diaryl/α,β-unsaturated/α-hetero) is 1. The number of carbonyl (C=O) groups excluding carboxylic acids is 1. The molecular weight excluding hydrogens is 624 g/mol. The van der Waals surface area contributed by atoms with E-state index in [-0.39, 0.29) is 17.1 Å². The molecular formula is C20H10Br4O4. The van der Waals surface area contributed by atoms with Crippen molar-refractivity contribution < 1.29 is 19.8 Å². The number of carboxylic acid groups (broad SMARTS) is 1. The molecule has 0 aliphatic heterocycles. The maximum absolute atomic E-state index is 12.1. The van der Waals surface area contributed by atoms with Crippen LogP contribution in [0.15, 0.2) is 72.0 Å². The zero-order valence-electron chi connectivity index (χ0n) is 13.8. The Bertz CT molecular complexity index is 1070. The maximum Gasteiger partial charge on any atom is 0.336 e. The van der Waals surface area contributed by atoms with Gasteiger partial charge in [-0.2, -0.15) is 0 Å². The molecule has 2 aromatic carbocycles. The van der Waals surface area contributed by atoms with Crippen molar-refractivity contribution in [3.63, 3.8) is 0 Å². The monoisotopic (exact) mass is 630 g/mol. The molecule has 0 spiro atoms. The van der Waals surface area contributed by atoms with Crippen LogP contribution in [-0.4, -0.2) is 22.0 Å². The molecule has 4 nitrogen and oxygen atoms in total. The van der Waals surface area contributed by atoms with Gasteiger partial charge in [0.2, 0.25) is 5.78 Å². The Morgan fingerprint density at radius 1 is 0.857 bits per heavy atom. The Labute approximate surface area is 194 Å². The van der Waals surface area contributed by atoms with Crippen molar-refractivity contribution in [2.45, 2.75) is 0 Å². The first-order chi connectivity index (χ1) is 13.2. The second kappa shape index (κ2) is 8.49. The van der Waals surface area contributed by atoms with Crippen molar-refractivity contribution in [2.24, 2.45) is 0 Å². The molecule has 2 N–H and O–H groups in total. The van der Waals surface area contributed by atoms with Gasteiger partial charge in [0.1, 0.15) is 5.75 Å². The van der Waals surface area contributed by atoms with E-state index < -0.39 is 5.97 Å². The molecule has 1 aliphatic carbocycles. The molecule has 0 aromatic heterocycles. The molecule has 1 aliphatic rings. The zero-order chi connectivity index (χ0) is 20.6. The van der Waals surface area contributed by atoms with E-state index in [4.69, 9.17) is 0 Å². The van der Waals surface area contributed by atoms with Crippen molar-refractivity contribution in [3.05, 3.63) is 88.7 Å². The Balaban J connectivity index is 2.43. The first kappa shape index (κ1) is 21.2. The van der Waals surface area contributed by atoms with Gasteiger partial charge in [-0.05, 0) is 116 Å². The van der Waals surface area contributed by atoms with E-state index in [9.17, 15) is 19.8 Å². The Hall–Kier alpha value is -1.48. The van der Waals surface area contributed by atoms with Crippen LogP contribution < -0.4 is 0 Å². The molecule has 0 unspecified atom stereocenters. The third kappa shape index (κ3) is 4.10. The Morgan fingerprint density at radius 3 is 1.86 bits per heavy atom. The molecule has 0 heterocycles. The highest BCUT2D eigenvalue weighted by Crippen LogP contribution is 2.41. The Kier molecular flexibility index (Phi) is 6.44. The van der Waals surface area contributed by atoms with Crippen LogP contribution in [0.5, 0.6) is 5.75 Å². The van der Waals surface area contributed by atoms with Crippen LogP contribution in [0.1, 0.15) is 21.5 Å². The molecule has 3 rings (SSSR count). The summed E-state index contributed by atoms with van der Waals surface area (Å²) in [4.78, 5) is 23.9. The lowest BCUT2D eigenvalue weighted by Gasteiger charge is -2.18. The molecule has 142 valence electrons. The number of rotatable bonds is 3. The van der Waals surface area contributed by atoms with Gasteiger partial charge in [0, 0.05) is 0 Å². The average Bonchev–Trinajstić information content (AvgIpc) is 2.64. The summed E-state index contributed by atoms with van der Waals surface area (Å²) in [6, 6.07) is 10.0. The zero-order valence-corrected chi connectivity index (χ0v) is 20.2. The number of aromatic carboxylic acids is 1. The molecule has 0 saturated heterocycles. The Morgan fingerprint density at radius 2 is 1.36 bits per heavy atom. The van der Waals surface area contributed by atoms with E-state index >= 15 is 0 Å². The summed E-state index contributed by atoms with van der Waals surface area (Å²) in [7, 11) is 0. The number of halogens is 4. The minimum absolute atomic E-state index is 0.0342. The summed E-state index contributed by atoms with van der Waals surface area (Å²) in [6.45, 7) is 0. The smallest absolute Gasteiger partial charge is 0.336 e. The number of aromatic hydroxyl groups is 1. The van der Waals surface area contributed by atoms with Gasteiger partial charge in [-0.15, -0.1) is 0 Å². The van der Waals surface area contributed by atoms with E-state index in [2.05, 4.69) is 63.7 Å². The summed E-state index contributed by atoms with van der Waals surface area (Å²) in [5, 5.41) is 19.7. The van der Waals surface area contributed by atoms with Crippen molar-refractivity contribution in [3.8, 4) is 5.75 Å². The predicted octanol–water partition coefficient (Wildman–Crippen LogP) is 6.56. The summed E-state index contributed by atoms with van der Waals surface area (Å²) in [5.74, 6) is -1.24. The second-order valence-corrected chi connectivity index (χ2v) is 9.20. The lowest BCUT2D eigenvalue weighted by Crippen LogP contribution is -2.07. The van der Waals surface area contributed by atoms with E-state index in [0.717, 1.165) is 0 Å². The molecule has 0 saturated carbocycles. The van der Waals surface area contributed by atoms with Gasteiger partial charge in [-0.3, -0.25) is 4.79 Å². The van der Waals surface area contributed by atoms with E-state index in [1.807, 2.05) is 0 Å². The largest absolute Gasteiger partial charge is 0.506 e. The number of phenols is 1. The number of benzene rings is 2. The third-order valence-electron chi connectivity index (χ3n) is 4.02. The average molecular weight is 634 g/mol. The second-order valence-electron chi connectivity index (χ2n) is 5.78. The summed E-state index contributed by atoms with van der Waals surface area (Å²) >= 11 is 13.2. The van der Waals surface area contributed by atoms with Gasteiger partial charge in [-0.25, -0.2) is 4.79 Å². The third-order valence-corrected chi connectivity index (χ3v) is 6.41. The number of carboxylic acids is 1. The normalized spacial score (nSPS) is 13.9. The topological polar surface area (TPSA) is 74.6 Å². The highest BCUT2D eigenvalue weighted by molar-refractivity contribution is 9.13. The standard InChI is InChI=1S/C20H10Br4O4/c21-13-5-9(6-14(22)18(13)25)17(10-7-15(23)19(26)16(24)8-10)11-3-1-2-4-12(11)20(27)28/h1-8,25H,(H,27,28). The van der Waals surface area contributed by atoms with Crippen LogP contribution in [-0.2, 0) is 4.79 Å². The number of hydrogen-bond donors (Lipinski definition) is 2. The molecule has 0 fully saturated rings. The molecule has 0 atom stereocenters.